The van der Waals surface area contributed by atoms with Gasteiger partial charge in [0.2, 0.25) is 0 Å². The van der Waals surface area contributed by atoms with Crippen LogP contribution in [-0.2, 0) is 0 Å². The smallest absolute Gasteiger partial charge is 0.198 e. The van der Waals surface area contributed by atoms with E-state index in [0.29, 0.717) is 17.3 Å². The van der Waals surface area contributed by atoms with Crippen molar-refractivity contribution < 1.29 is 0 Å². The van der Waals surface area contributed by atoms with E-state index >= 15 is 0 Å². The number of hydrogen-bond donors (Lipinski definition) is 3. The third-order valence-corrected chi connectivity index (χ3v) is 4.97. The number of guanidine groups is 1. The summed E-state index contributed by atoms with van der Waals surface area (Å²) in [4.78, 5) is 4.59. The molecular formula is C23H18N4. The quantitative estimate of drug-likeness (QED) is 0.235. The van der Waals surface area contributed by atoms with Crippen molar-refractivity contribution in [2.24, 2.45) is 10.7 Å². The number of aliphatic imine (C=N–C) groups is 1. The van der Waals surface area contributed by atoms with Gasteiger partial charge in [0.1, 0.15) is 0 Å². The first-order valence-electron chi connectivity index (χ1n) is 8.83. The van der Waals surface area contributed by atoms with Gasteiger partial charge in [-0.2, -0.15) is 0 Å². The van der Waals surface area contributed by atoms with E-state index in [9.17, 15) is 0 Å². The summed E-state index contributed by atoms with van der Waals surface area (Å²) in [5, 5.41) is 7.76. The minimum absolute atomic E-state index is 0.312. The topological polar surface area (TPSA) is 76.4 Å². The summed E-state index contributed by atoms with van der Waals surface area (Å²) in [6.07, 6.45) is 4.23. The van der Waals surface area contributed by atoms with Gasteiger partial charge in [0.25, 0.3) is 0 Å². The van der Waals surface area contributed by atoms with E-state index in [-0.39, 0.29) is 0 Å². The monoisotopic (exact) mass is 350 g/mol. The lowest BCUT2D eigenvalue weighted by Crippen LogP contribution is -2.22. The van der Waals surface area contributed by atoms with Crippen molar-refractivity contribution in [3.05, 3.63) is 77.9 Å². The summed E-state index contributed by atoms with van der Waals surface area (Å²) < 4.78 is 0. The van der Waals surface area contributed by atoms with Gasteiger partial charge in [-0.05, 0) is 33.9 Å². The van der Waals surface area contributed by atoms with Crippen LogP contribution in [0.1, 0.15) is 11.1 Å². The molecule has 4 aromatic carbocycles. The predicted molar refractivity (Wildman–Crippen MR) is 116 cm³/mol. The second kappa shape index (κ2) is 5.88. The van der Waals surface area contributed by atoms with Crippen LogP contribution < -0.4 is 16.8 Å². The molecule has 1 aliphatic rings. The van der Waals surface area contributed by atoms with Crippen molar-refractivity contribution in [2.45, 2.75) is 0 Å². The minimum atomic E-state index is 0.312. The van der Waals surface area contributed by atoms with Gasteiger partial charge >= 0.3 is 0 Å². The molecule has 0 aliphatic heterocycles. The second-order valence-electron chi connectivity index (χ2n) is 6.65. The van der Waals surface area contributed by atoms with E-state index < -0.39 is 0 Å². The van der Waals surface area contributed by atoms with Crippen LogP contribution in [0.2, 0.25) is 0 Å². The second-order valence-corrected chi connectivity index (χ2v) is 6.65. The first-order chi connectivity index (χ1) is 13.2. The number of nitrogens with zero attached hydrogens (tertiary/aromatic N) is 1. The highest BCUT2D eigenvalue weighted by molar-refractivity contribution is 6.11. The maximum atomic E-state index is 6.24. The standard InChI is InChI=1S/C23H18N4/c24-19-12-9-14-4-1-2-7-17(14)22(19)27-23(25)26-20-13-10-16-6-3-5-15-8-11-18(20)21(15)16/h1-13H,24H2,(H3,25,26,27). The first-order valence-corrected chi connectivity index (χ1v) is 8.83. The molecule has 5 rings (SSSR count). The third kappa shape index (κ3) is 2.50. The zero-order valence-electron chi connectivity index (χ0n) is 14.6. The Labute approximate surface area is 156 Å². The maximum Gasteiger partial charge on any atom is 0.198 e. The molecule has 0 atom stereocenters. The fourth-order valence-electron chi connectivity index (χ4n) is 3.71. The van der Waals surface area contributed by atoms with Crippen molar-refractivity contribution in [2.75, 3.05) is 11.1 Å². The third-order valence-electron chi connectivity index (χ3n) is 4.97. The SMILES string of the molecule is NC(=Nc1c(N)ccc2ccccc12)Nc1ccc2cccc3c2c1C=C3. The van der Waals surface area contributed by atoms with Crippen LogP contribution in [0.3, 0.4) is 0 Å². The highest BCUT2D eigenvalue weighted by Crippen LogP contribution is 2.36. The molecule has 0 amide bonds. The molecule has 0 radical (unpaired) electrons. The van der Waals surface area contributed by atoms with E-state index in [2.05, 4.69) is 46.7 Å². The molecular weight excluding hydrogens is 332 g/mol. The van der Waals surface area contributed by atoms with Gasteiger partial charge in [0.15, 0.2) is 5.96 Å². The number of hydrogen-bond acceptors (Lipinski definition) is 2. The van der Waals surface area contributed by atoms with Gasteiger partial charge in [0, 0.05) is 16.6 Å². The van der Waals surface area contributed by atoms with E-state index in [1.807, 2.05) is 42.5 Å². The first kappa shape index (κ1) is 15.5. The zero-order chi connectivity index (χ0) is 18.4. The zero-order valence-corrected chi connectivity index (χ0v) is 14.6. The lowest BCUT2D eigenvalue weighted by molar-refractivity contribution is 1.46. The Kier molecular flexibility index (Phi) is 3.37. The minimum Gasteiger partial charge on any atom is -0.397 e. The van der Waals surface area contributed by atoms with Crippen molar-refractivity contribution in [1.82, 2.24) is 0 Å². The molecule has 5 N–H and O–H groups in total. The molecule has 130 valence electrons. The number of nitrogen functional groups attached to an aromatic ring is 1. The van der Waals surface area contributed by atoms with Gasteiger partial charge in [-0.1, -0.05) is 66.7 Å². The van der Waals surface area contributed by atoms with Crippen molar-refractivity contribution in [3.8, 4) is 0 Å². The average molecular weight is 350 g/mol. The molecule has 27 heavy (non-hydrogen) atoms. The molecule has 4 heteroatoms. The molecule has 0 bridgehead atoms. The van der Waals surface area contributed by atoms with E-state index in [4.69, 9.17) is 11.5 Å². The van der Waals surface area contributed by atoms with Crippen LogP contribution in [0.25, 0.3) is 33.7 Å². The number of nitrogens with one attached hydrogen (secondary N) is 1. The molecule has 4 aromatic rings. The number of anilines is 2. The van der Waals surface area contributed by atoms with Crippen LogP contribution >= 0.6 is 0 Å². The summed E-state index contributed by atoms with van der Waals surface area (Å²) in [7, 11) is 0. The fourth-order valence-corrected chi connectivity index (χ4v) is 3.71. The normalized spacial score (nSPS) is 12.8. The number of benzene rings is 4. The highest BCUT2D eigenvalue weighted by Gasteiger charge is 2.13. The van der Waals surface area contributed by atoms with Crippen LogP contribution in [-0.4, -0.2) is 5.96 Å². The van der Waals surface area contributed by atoms with E-state index in [1.54, 1.807) is 0 Å². The Hall–Kier alpha value is -3.79. The molecule has 1 aliphatic carbocycles. The van der Waals surface area contributed by atoms with E-state index in [1.165, 1.54) is 16.3 Å². The summed E-state index contributed by atoms with van der Waals surface area (Å²) in [6.45, 7) is 0. The van der Waals surface area contributed by atoms with E-state index in [0.717, 1.165) is 22.0 Å². The Balaban J connectivity index is 1.58. The number of fused-ring (bicyclic) bond motifs is 1. The van der Waals surface area contributed by atoms with Gasteiger partial charge in [-0.3, -0.25) is 0 Å². The summed E-state index contributed by atoms with van der Waals surface area (Å²) >= 11 is 0. The summed E-state index contributed by atoms with van der Waals surface area (Å²) in [6, 6.07) is 22.3. The molecule has 0 saturated heterocycles. The fraction of sp³-hybridized carbons (Fsp3) is 0. The predicted octanol–water partition coefficient (Wildman–Crippen LogP) is 5.12. The van der Waals surface area contributed by atoms with Crippen molar-refractivity contribution >= 4 is 56.7 Å². The van der Waals surface area contributed by atoms with Crippen molar-refractivity contribution in [3.63, 3.8) is 0 Å². The molecule has 0 spiro atoms. The molecule has 0 heterocycles. The Morgan fingerprint density at radius 3 is 2.56 bits per heavy atom. The lowest BCUT2D eigenvalue weighted by atomic mass is 10.0. The molecule has 0 unspecified atom stereocenters. The number of nitrogens with two attached hydrogens (primary N) is 2. The average Bonchev–Trinajstić information content (AvgIpc) is 3.12. The van der Waals surface area contributed by atoms with Gasteiger partial charge in [0.05, 0.1) is 11.4 Å². The van der Waals surface area contributed by atoms with Gasteiger partial charge in [-0.25, -0.2) is 4.99 Å². The van der Waals surface area contributed by atoms with Crippen molar-refractivity contribution in [1.29, 1.82) is 0 Å². The molecule has 0 saturated carbocycles. The Morgan fingerprint density at radius 2 is 1.63 bits per heavy atom. The molecule has 4 nitrogen and oxygen atoms in total. The maximum absolute atomic E-state index is 6.24. The Bertz CT molecular complexity index is 1270. The highest BCUT2D eigenvalue weighted by atomic mass is 15.1. The van der Waals surface area contributed by atoms with Crippen LogP contribution in [0.15, 0.2) is 71.7 Å². The molecule has 0 aromatic heterocycles. The van der Waals surface area contributed by atoms with Gasteiger partial charge in [-0.15, -0.1) is 0 Å². The summed E-state index contributed by atoms with van der Waals surface area (Å²) in [5.74, 6) is 0.312. The molecule has 0 fully saturated rings. The lowest BCUT2D eigenvalue weighted by Gasteiger charge is -2.12. The van der Waals surface area contributed by atoms with Crippen LogP contribution in [0.4, 0.5) is 17.1 Å². The van der Waals surface area contributed by atoms with Crippen LogP contribution in [0.5, 0.6) is 0 Å². The largest absolute Gasteiger partial charge is 0.397 e. The Morgan fingerprint density at radius 1 is 0.815 bits per heavy atom. The van der Waals surface area contributed by atoms with Gasteiger partial charge < -0.3 is 16.8 Å². The summed E-state index contributed by atoms with van der Waals surface area (Å²) in [5.41, 5.74) is 17.0. The number of rotatable bonds is 2. The van der Waals surface area contributed by atoms with Crippen LogP contribution in [0, 0.1) is 0 Å².